The SMILES string of the molecule is CC(C)Oc1ccccc1NC(=O)CCS(=O)(=O)N1CCc2ccccc21. The maximum absolute atomic E-state index is 12.7. The topological polar surface area (TPSA) is 75.7 Å². The van der Waals surface area contributed by atoms with Gasteiger partial charge in [-0.05, 0) is 44.0 Å². The second-order valence-corrected chi connectivity index (χ2v) is 8.74. The summed E-state index contributed by atoms with van der Waals surface area (Å²) < 4.78 is 32.5. The van der Waals surface area contributed by atoms with Crippen LogP contribution in [0.25, 0.3) is 0 Å². The summed E-state index contributed by atoms with van der Waals surface area (Å²) in [6, 6.07) is 14.6. The minimum atomic E-state index is -3.55. The standard InChI is InChI=1S/C20H24N2O4S/c1-15(2)26-19-10-6-4-8-17(19)21-20(23)12-14-27(24,25)22-13-11-16-7-3-5-9-18(16)22/h3-10,15H,11-14H2,1-2H3,(H,21,23). The van der Waals surface area contributed by atoms with Crippen LogP contribution >= 0.6 is 0 Å². The molecule has 1 amide bonds. The number of hydrogen-bond donors (Lipinski definition) is 1. The predicted molar refractivity (Wildman–Crippen MR) is 107 cm³/mol. The van der Waals surface area contributed by atoms with Crippen LogP contribution in [0.2, 0.25) is 0 Å². The number of nitrogens with zero attached hydrogens (tertiary/aromatic N) is 1. The number of nitrogens with one attached hydrogen (secondary N) is 1. The van der Waals surface area contributed by atoms with Crippen LogP contribution in [0.15, 0.2) is 48.5 Å². The first-order chi connectivity index (χ1) is 12.9. The van der Waals surface area contributed by atoms with Crippen molar-refractivity contribution in [3.63, 3.8) is 0 Å². The molecule has 6 nitrogen and oxygen atoms in total. The van der Waals surface area contributed by atoms with Gasteiger partial charge in [0.25, 0.3) is 0 Å². The van der Waals surface area contributed by atoms with E-state index in [4.69, 9.17) is 4.74 Å². The van der Waals surface area contributed by atoms with E-state index in [9.17, 15) is 13.2 Å². The summed E-state index contributed by atoms with van der Waals surface area (Å²) >= 11 is 0. The molecular weight excluding hydrogens is 364 g/mol. The number of para-hydroxylation sites is 3. The summed E-state index contributed by atoms with van der Waals surface area (Å²) in [4.78, 5) is 12.3. The third-order valence-corrected chi connectivity index (χ3v) is 6.06. The number of carbonyl (C=O) groups excluding carboxylic acids is 1. The van der Waals surface area contributed by atoms with Crippen molar-refractivity contribution in [2.24, 2.45) is 0 Å². The highest BCUT2D eigenvalue weighted by molar-refractivity contribution is 7.92. The highest BCUT2D eigenvalue weighted by atomic mass is 32.2. The molecule has 2 aromatic carbocycles. The van der Waals surface area contributed by atoms with Crippen LogP contribution in [0.1, 0.15) is 25.8 Å². The molecule has 0 unspecified atom stereocenters. The van der Waals surface area contributed by atoms with Gasteiger partial charge in [0.15, 0.2) is 0 Å². The Morgan fingerprint density at radius 2 is 1.85 bits per heavy atom. The van der Waals surface area contributed by atoms with Gasteiger partial charge < -0.3 is 10.1 Å². The van der Waals surface area contributed by atoms with Crippen molar-refractivity contribution in [2.75, 3.05) is 21.9 Å². The fourth-order valence-electron chi connectivity index (χ4n) is 3.07. The van der Waals surface area contributed by atoms with Gasteiger partial charge >= 0.3 is 0 Å². The lowest BCUT2D eigenvalue weighted by atomic mass is 10.2. The molecular formula is C20H24N2O4S. The van der Waals surface area contributed by atoms with Gasteiger partial charge in [0.05, 0.1) is 23.2 Å². The molecule has 1 aliphatic heterocycles. The monoisotopic (exact) mass is 388 g/mol. The molecule has 0 fully saturated rings. The van der Waals surface area contributed by atoms with Gasteiger partial charge in [-0.1, -0.05) is 30.3 Å². The first-order valence-electron chi connectivity index (χ1n) is 9.00. The maximum atomic E-state index is 12.7. The molecule has 0 bridgehead atoms. The lowest BCUT2D eigenvalue weighted by molar-refractivity contribution is -0.115. The maximum Gasteiger partial charge on any atom is 0.235 e. The summed E-state index contributed by atoms with van der Waals surface area (Å²) in [6.07, 6.45) is 0.553. The van der Waals surface area contributed by atoms with Gasteiger partial charge in [-0.25, -0.2) is 8.42 Å². The molecule has 1 N–H and O–H groups in total. The number of hydrogen-bond acceptors (Lipinski definition) is 4. The largest absolute Gasteiger partial charge is 0.489 e. The Morgan fingerprint density at radius 3 is 2.63 bits per heavy atom. The van der Waals surface area contributed by atoms with Crippen LogP contribution in [-0.4, -0.2) is 32.7 Å². The lowest BCUT2D eigenvalue weighted by Gasteiger charge is -2.19. The van der Waals surface area contributed by atoms with Crippen LogP contribution in [-0.2, 0) is 21.2 Å². The van der Waals surface area contributed by atoms with E-state index in [1.54, 1.807) is 24.3 Å². The molecule has 1 heterocycles. The molecule has 1 aliphatic rings. The van der Waals surface area contributed by atoms with E-state index in [-0.39, 0.29) is 24.2 Å². The fourth-order valence-corrected chi connectivity index (χ4v) is 4.58. The number of benzene rings is 2. The zero-order valence-corrected chi connectivity index (χ0v) is 16.3. The highest BCUT2D eigenvalue weighted by Crippen LogP contribution is 2.30. The second kappa shape index (κ2) is 8.00. The number of amides is 1. The molecule has 7 heteroatoms. The van der Waals surface area contributed by atoms with E-state index in [1.807, 2.05) is 38.1 Å². The quantitative estimate of drug-likeness (QED) is 0.790. The number of fused-ring (bicyclic) bond motifs is 1. The Morgan fingerprint density at radius 1 is 1.15 bits per heavy atom. The first kappa shape index (κ1) is 19.2. The van der Waals surface area contributed by atoms with Crippen molar-refractivity contribution in [3.8, 4) is 5.75 Å². The number of anilines is 2. The second-order valence-electron chi connectivity index (χ2n) is 6.73. The van der Waals surface area contributed by atoms with Crippen LogP contribution in [0.4, 0.5) is 11.4 Å². The number of carbonyl (C=O) groups is 1. The van der Waals surface area contributed by atoms with Gasteiger partial charge in [0.2, 0.25) is 15.9 Å². The van der Waals surface area contributed by atoms with Crippen molar-refractivity contribution in [1.29, 1.82) is 0 Å². The number of rotatable bonds is 7. The Kier molecular flexibility index (Phi) is 5.70. The van der Waals surface area contributed by atoms with E-state index in [2.05, 4.69) is 5.32 Å². The summed E-state index contributed by atoms with van der Waals surface area (Å²) in [6.45, 7) is 4.23. The van der Waals surface area contributed by atoms with E-state index in [0.717, 1.165) is 5.56 Å². The molecule has 0 spiro atoms. The van der Waals surface area contributed by atoms with Gasteiger partial charge in [-0.3, -0.25) is 9.10 Å². The molecule has 2 aromatic rings. The molecule has 3 rings (SSSR count). The Balaban J connectivity index is 1.63. The van der Waals surface area contributed by atoms with Gasteiger partial charge in [-0.2, -0.15) is 0 Å². The minimum Gasteiger partial charge on any atom is -0.489 e. The van der Waals surface area contributed by atoms with Crippen LogP contribution < -0.4 is 14.4 Å². The van der Waals surface area contributed by atoms with Crippen LogP contribution in [0, 0.1) is 0 Å². The third-order valence-electron chi connectivity index (χ3n) is 4.29. The molecule has 0 aromatic heterocycles. The molecule has 0 saturated carbocycles. The van der Waals surface area contributed by atoms with Crippen LogP contribution in [0.5, 0.6) is 5.75 Å². The Labute approximate surface area is 160 Å². The molecule has 0 aliphatic carbocycles. The summed E-state index contributed by atoms with van der Waals surface area (Å²) in [5.74, 6) is -0.0246. The minimum absolute atomic E-state index is 0.0290. The zero-order chi connectivity index (χ0) is 19.4. The Bertz CT molecular complexity index is 925. The molecule has 0 saturated heterocycles. The van der Waals surface area contributed by atoms with Gasteiger partial charge in [-0.15, -0.1) is 0 Å². The number of ether oxygens (including phenoxy) is 1. The normalized spacial score (nSPS) is 13.5. The average Bonchev–Trinajstić information content (AvgIpc) is 3.06. The zero-order valence-electron chi connectivity index (χ0n) is 15.5. The van der Waals surface area contributed by atoms with E-state index in [1.165, 1.54) is 4.31 Å². The predicted octanol–water partition coefficient (Wildman–Crippen LogP) is 3.19. The molecule has 27 heavy (non-hydrogen) atoms. The summed E-state index contributed by atoms with van der Waals surface area (Å²) in [5.41, 5.74) is 2.28. The van der Waals surface area contributed by atoms with Gasteiger partial charge in [0.1, 0.15) is 5.75 Å². The van der Waals surface area contributed by atoms with Crippen molar-refractivity contribution >= 4 is 27.3 Å². The summed E-state index contributed by atoms with van der Waals surface area (Å²) in [7, 11) is -3.55. The van der Waals surface area contributed by atoms with Crippen molar-refractivity contribution in [2.45, 2.75) is 32.8 Å². The first-order valence-corrected chi connectivity index (χ1v) is 10.6. The third kappa shape index (κ3) is 4.60. The van der Waals surface area contributed by atoms with E-state index < -0.39 is 10.0 Å². The average molecular weight is 388 g/mol. The van der Waals surface area contributed by atoms with Crippen molar-refractivity contribution < 1.29 is 17.9 Å². The fraction of sp³-hybridized carbons (Fsp3) is 0.350. The van der Waals surface area contributed by atoms with Crippen molar-refractivity contribution in [3.05, 3.63) is 54.1 Å². The smallest absolute Gasteiger partial charge is 0.235 e. The van der Waals surface area contributed by atoms with Crippen LogP contribution in [0.3, 0.4) is 0 Å². The van der Waals surface area contributed by atoms with Crippen molar-refractivity contribution in [1.82, 2.24) is 0 Å². The Hall–Kier alpha value is -2.54. The van der Waals surface area contributed by atoms with E-state index in [0.29, 0.717) is 30.1 Å². The van der Waals surface area contributed by atoms with Gasteiger partial charge in [0, 0.05) is 13.0 Å². The molecule has 144 valence electrons. The summed E-state index contributed by atoms with van der Waals surface area (Å²) in [5, 5.41) is 2.75. The lowest BCUT2D eigenvalue weighted by Crippen LogP contribution is -2.32. The molecule has 0 atom stereocenters. The van der Waals surface area contributed by atoms with E-state index >= 15 is 0 Å². The highest BCUT2D eigenvalue weighted by Gasteiger charge is 2.29. The number of sulfonamides is 1. The molecule has 0 radical (unpaired) electrons.